The number of hydrogen-bond donors (Lipinski definition) is 1. The molecule has 0 heterocycles. The average molecular weight is 269 g/mol. The van der Waals surface area contributed by atoms with Crippen molar-refractivity contribution < 1.29 is 4.74 Å². The summed E-state index contributed by atoms with van der Waals surface area (Å²) >= 11 is 0. The van der Waals surface area contributed by atoms with E-state index in [4.69, 9.17) is 4.74 Å². The molecule has 0 radical (unpaired) electrons. The maximum Gasteiger partial charge on any atom is 0.129 e. The molecule has 0 saturated carbocycles. The van der Waals surface area contributed by atoms with E-state index in [1.807, 2.05) is 7.05 Å². The van der Waals surface area contributed by atoms with E-state index in [0.717, 1.165) is 11.3 Å². The molecule has 0 aliphatic carbocycles. The fourth-order valence-electron chi connectivity index (χ4n) is 2.40. The first-order chi connectivity index (χ1) is 9.58. The van der Waals surface area contributed by atoms with Crippen molar-refractivity contribution in [2.75, 3.05) is 14.2 Å². The number of methoxy groups -OCH3 is 1. The third-order valence-electron chi connectivity index (χ3n) is 4.04. The lowest BCUT2D eigenvalue weighted by Gasteiger charge is -2.15. The number of aryl methyl sites for hydroxylation is 1. The van der Waals surface area contributed by atoms with Crippen molar-refractivity contribution in [3.8, 4) is 16.9 Å². The van der Waals surface area contributed by atoms with Crippen LogP contribution in [0, 0.1) is 13.8 Å². The first-order valence-electron chi connectivity index (χ1n) is 7.00. The third kappa shape index (κ3) is 2.70. The highest BCUT2D eigenvalue weighted by Crippen LogP contribution is 2.34. The molecule has 1 atom stereocenters. The number of ether oxygens (including phenoxy) is 1. The molecule has 2 rings (SSSR count). The van der Waals surface area contributed by atoms with Crippen LogP contribution in [0.15, 0.2) is 36.4 Å². The van der Waals surface area contributed by atoms with Gasteiger partial charge in [0.05, 0.1) is 7.11 Å². The summed E-state index contributed by atoms with van der Waals surface area (Å²) in [5, 5.41) is 3.25. The number of hydrogen-bond acceptors (Lipinski definition) is 2. The minimum atomic E-state index is 0.366. The van der Waals surface area contributed by atoms with Gasteiger partial charge < -0.3 is 10.1 Å². The van der Waals surface area contributed by atoms with Crippen molar-refractivity contribution in [1.29, 1.82) is 0 Å². The van der Waals surface area contributed by atoms with Gasteiger partial charge >= 0.3 is 0 Å². The monoisotopic (exact) mass is 269 g/mol. The highest BCUT2D eigenvalue weighted by molar-refractivity contribution is 5.73. The second-order valence-electron chi connectivity index (χ2n) is 5.22. The van der Waals surface area contributed by atoms with Crippen LogP contribution in [0.2, 0.25) is 0 Å². The minimum absolute atomic E-state index is 0.366. The number of rotatable bonds is 4. The molecule has 2 heteroatoms. The van der Waals surface area contributed by atoms with E-state index in [-0.39, 0.29) is 0 Å². The molecular formula is C18H23NO. The van der Waals surface area contributed by atoms with Gasteiger partial charge in [-0.25, -0.2) is 0 Å². The van der Waals surface area contributed by atoms with Gasteiger partial charge in [-0.3, -0.25) is 0 Å². The van der Waals surface area contributed by atoms with E-state index < -0.39 is 0 Å². The fraction of sp³-hybridized carbons (Fsp3) is 0.333. The van der Waals surface area contributed by atoms with Crippen LogP contribution in [0.1, 0.15) is 29.7 Å². The van der Waals surface area contributed by atoms with Crippen molar-refractivity contribution in [2.24, 2.45) is 0 Å². The Morgan fingerprint density at radius 1 is 1.00 bits per heavy atom. The molecule has 0 aromatic heterocycles. The molecule has 0 spiro atoms. The maximum absolute atomic E-state index is 5.60. The highest BCUT2D eigenvalue weighted by atomic mass is 16.5. The van der Waals surface area contributed by atoms with Gasteiger partial charge in [-0.1, -0.05) is 36.4 Å². The summed E-state index contributed by atoms with van der Waals surface area (Å²) in [6.45, 7) is 6.38. The molecule has 2 aromatic rings. The standard InChI is InChI=1S/C18H23NO/c1-12-6-11-17(18(20-5)13(12)2)16-9-7-15(8-10-16)14(3)19-4/h6-11,14,19H,1-5H3. The van der Waals surface area contributed by atoms with E-state index in [2.05, 4.69) is 62.5 Å². The quantitative estimate of drug-likeness (QED) is 0.895. The largest absolute Gasteiger partial charge is 0.496 e. The highest BCUT2D eigenvalue weighted by Gasteiger charge is 2.11. The van der Waals surface area contributed by atoms with Gasteiger partial charge in [0, 0.05) is 11.6 Å². The predicted octanol–water partition coefficient (Wildman–Crippen LogP) is 4.26. The maximum atomic E-state index is 5.60. The van der Waals surface area contributed by atoms with Crippen molar-refractivity contribution in [3.63, 3.8) is 0 Å². The smallest absolute Gasteiger partial charge is 0.129 e. The summed E-state index contributed by atoms with van der Waals surface area (Å²) in [5.74, 6) is 0.972. The molecule has 0 aliphatic heterocycles. The Labute approximate surface area is 121 Å². The van der Waals surface area contributed by atoms with Crippen LogP contribution in [-0.2, 0) is 0 Å². The van der Waals surface area contributed by atoms with E-state index >= 15 is 0 Å². The zero-order valence-corrected chi connectivity index (χ0v) is 12.9. The summed E-state index contributed by atoms with van der Waals surface area (Å²) in [4.78, 5) is 0. The van der Waals surface area contributed by atoms with Gasteiger partial charge in [0.25, 0.3) is 0 Å². The Bertz CT molecular complexity index is 587. The van der Waals surface area contributed by atoms with Crippen molar-refractivity contribution in [3.05, 3.63) is 53.1 Å². The Morgan fingerprint density at radius 2 is 1.65 bits per heavy atom. The number of benzene rings is 2. The third-order valence-corrected chi connectivity index (χ3v) is 4.04. The number of nitrogens with one attached hydrogen (secondary N) is 1. The van der Waals surface area contributed by atoms with Crippen LogP contribution in [0.5, 0.6) is 5.75 Å². The summed E-state index contributed by atoms with van der Waals surface area (Å²) in [7, 11) is 3.72. The Kier molecular flexibility index (Phi) is 4.46. The molecule has 2 aromatic carbocycles. The van der Waals surface area contributed by atoms with Crippen LogP contribution in [0.4, 0.5) is 0 Å². The van der Waals surface area contributed by atoms with Crippen LogP contribution >= 0.6 is 0 Å². The van der Waals surface area contributed by atoms with Crippen LogP contribution in [0.25, 0.3) is 11.1 Å². The fourth-order valence-corrected chi connectivity index (χ4v) is 2.40. The first kappa shape index (κ1) is 14.6. The van der Waals surface area contributed by atoms with E-state index in [9.17, 15) is 0 Å². The van der Waals surface area contributed by atoms with Gasteiger partial charge in [0.1, 0.15) is 5.75 Å². The van der Waals surface area contributed by atoms with Gasteiger partial charge in [-0.05, 0) is 50.1 Å². The zero-order valence-electron chi connectivity index (χ0n) is 12.9. The molecule has 1 N–H and O–H groups in total. The summed E-state index contributed by atoms with van der Waals surface area (Å²) in [6.07, 6.45) is 0. The van der Waals surface area contributed by atoms with Gasteiger partial charge in [-0.2, -0.15) is 0 Å². The molecule has 0 aliphatic rings. The zero-order chi connectivity index (χ0) is 14.7. The second kappa shape index (κ2) is 6.10. The van der Waals surface area contributed by atoms with Crippen LogP contribution in [-0.4, -0.2) is 14.2 Å². The van der Waals surface area contributed by atoms with Crippen molar-refractivity contribution >= 4 is 0 Å². The molecule has 0 amide bonds. The molecule has 20 heavy (non-hydrogen) atoms. The Morgan fingerprint density at radius 3 is 2.20 bits per heavy atom. The van der Waals surface area contributed by atoms with Crippen LogP contribution in [0.3, 0.4) is 0 Å². The molecule has 106 valence electrons. The van der Waals surface area contributed by atoms with E-state index in [1.165, 1.54) is 22.3 Å². The lowest BCUT2D eigenvalue weighted by molar-refractivity contribution is 0.413. The van der Waals surface area contributed by atoms with E-state index in [0.29, 0.717) is 6.04 Å². The van der Waals surface area contributed by atoms with Crippen molar-refractivity contribution in [1.82, 2.24) is 5.32 Å². The molecule has 0 saturated heterocycles. The molecule has 2 nitrogen and oxygen atoms in total. The lowest BCUT2D eigenvalue weighted by Crippen LogP contribution is -2.11. The van der Waals surface area contributed by atoms with Gasteiger partial charge in [0.15, 0.2) is 0 Å². The van der Waals surface area contributed by atoms with Crippen molar-refractivity contribution in [2.45, 2.75) is 26.8 Å². The minimum Gasteiger partial charge on any atom is -0.496 e. The van der Waals surface area contributed by atoms with Gasteiger partial charge in [-0.15, -0.1) is 0 Å². The van der Waals surface area contributed by atoms with Gasteiger partial charge in [0.2, 0.25) is 0 Å². The molecule has 0 bridgehead atoms. The second-order valence-corrected chi connectivity index (χ2v) is 5.22. The average Bonchev–Trinajstić information content (AvgIpc) is 2.49. The Hall–Kier alpha value is -1.80. The summed E-state index contributed by atoms with van der Waals surface area (Å²) < 4.78 is 5.60. The van der Waals surface area contributed by atoms with Crippen LogP contribution < -0.4 is 10.1 Å². The normalized spacial score (nSPS) is 12.2. The molecule has 1 unspecified atom stereocenters. The lowest BCUT2D eigenvalue weighted by atomic mass is 9.97. The SMILES string of the molecule is CNC(C)c1ccc(-c2ccc(C)c(C)c2OC)cc1. The summed E-state index contributed by atoms with van der Waals surface area (Å²) in [5.41, 5.74) is 6.10. The predicted molar refractivity (Wildman–Crippen MR) is 85.4 cm³/mol. The first-order valence-corrected chi connectivity index (χ1v) is 7.00. The Balaban J connectivity index is 2.44. The van der Waals surface area contributed by atoms with E-state index in [1.54, 1.807) is 7.11 Å². The molecular weight excluding hydrogens is 246 g/mol. The summed E-state index contributed by atoms with van der Waals surface area (Å²) in [6, 6.07) is 13.3. The molecule has 0 fully saturated rings. The topological polar surface area (TPSA) is 21.3 Å².